The summed E-state index contributed by atoms with van der Waals surface area (Å²) >= 11 is 0. The maximum Gasteiger partial charge on any atom is 0.269 e. The summed E-state index contributed by atoms with van der Waals surface area (Å²) in [6.07, 6.45) is 4.01. The number of phenolic OH excluding ortho intramolecular Hbond substituents is 1. The minimum atomic E-state index is -0.104. The van der Waals surface area contributed by atoms with Crippen LogP contribution in [-0.2, 0) is 18.3 Å². The molecule has 7 nitrogen and oxygen atoms in total. The predicted molar refractivity (Wildman–Crippen MR) is 127 cm³/mol. The van der Waals surface area contributed by atoms with Gasteiger partial charge in [0.05, 0.1) is 17.4 Å². The third-order valence-electron chi connectivity index (χ3n) is 7.23. The lowest BCUT2D eigenvalue weighted by atomic mass is 9.88. The summed E-state index contributed by atoms with van der Waals surface area (Å²) in [5.74, 6) is 0.262. The van der Waals surface area contributed by atoms with Crippen molar-refractivity contribution in [2.24, 2.45) is 7.05 Å². The summed E-state index contributed by atoms with van der Waals surface area (Å²) in [6.45, 7) is 5.03. The highest BCUT2D eigenvalue weighted by Crippen LogP contribution is 2.39. The van der Waals surface area contributed by atoms with E-state index < -0.39 is 0 Å². The summed E-state index contributed by atoms with van der Waals surface area (Å²) in [5, 5.41) is 20.0. The zero-order valence-corrected chi connectivity index (χ0v) is 19.4. The van der Waals surface area contributed by atoms with Crippen LogP contribution >= 0.6 is 0 Å². The molecule has 1 atom stereocenters. The fourth-order valence-corrected chi connectivity index (χ4v) is 5.36. The number of ether oxygens (including phenoxy) is 1. The molecule has 33 heavy (non-hydrogen) atoms. The number of nitrogens with zero attached hydrogens (tertiary/aromatic N) is 3. The van der Waals surface area contributed by atoms with Gasteiger partial charge in [0.15, 0.2) is 0 Å². The first-order valence-electron chi connectivity index (χ1n) is 11.8. The van der Waals surface area contributed by atoms with Crippen molar-refractivity contribution in [2.75, 3.05) is 19.6 Å². The maximum absolute atomic E-state index is 12.5. The number of fused-ring (bicyclic) bond motifs is 1. The standard InChI is InChI=1S/C26H32N4O3/c1-18-15-23(29(2)28-18)25(32)27-16-20-9-10-26(33-20)11-13-30(14-12-26)17-22-21-6-4-3-5-19(21)7-8-24(22)31/h3-8,15,20,31H,9-14,16-17H2,1-2H3,(H,27,32)/t20-/m0/s1. The molecule has 2 N–H and O–H groups in total. The smallest absolute Gasteiger partial charge is 0.269 e. The monoisotopic (exact) mass is 448 g/mol. The number of likely N-dealkylation sites (tertiary alicyclic amines) is 1. The molecule has 2 aromatic carbocycles. The molecule has 2 aliphatic heterocycles. The number of aromatic hydroxyl groups is 1. The van der Waals surface area contributed by atoms with Gasteiger partial charge >= 0.3 is 0 Å². The summed E-state index contributed by atoms with van der Waals surface area (Å²) in [6, 6.07) is 13.8. The molecule has 0 saturated carbocycles. The topological polar surface area (TPSA) is 79.6 Å². The van der Waals surface area contributed by atoms with Gasteiger partial charge < -0.3 is 15.2 Å². The van der Waals surface area contributed by atoms with E-state index >= 15 is 0 Å². The van der Waals surface area contributed by atoms with Gasteiger partial charge in [-0.1, -0.05) is 30.3 Å². The Labute approximate surface area is 194 Å². The number of phenols is 1. The molecule has 174 valence electrons. The molecule has 0 unspecified atom stereocenters. The Bertz CT molecular complexity index is 1160. The number of aromatic nitrogens is 2. The second kappa shape index (κ2) is 8.80. The molecular formula is C26H32N4O3. The lowest BCUT2D eigenvalue weighted by molar-refractivity contribution is -0.0764. The van der Waals surface area contributed by atoms with E-state index in [1.165, 1.54) is 0 Å². The van der Waals surface area contributed by atoms with Gasteiger partial charge in [-0.05, 0) is 55.5 Å². The van der Waals surface area contributed by atoms with Gasteiger partial charge in [0.1, 0.15) is 11.4 Å². The predicted octanol–water partition coefficient (Wildman–Crippen LogP) is 3.53. The van der Waals surface area contributed by atoms with Crippen molar-refractivity contribution in [3.63, 3.8) is 0 Å². The van der Waals surface area contributed by atoms with Crippen molar-refractivity contribution < 1.29 is 14.6 Å². The number of aryl methyl sites for hydroxylation is 2. The highest BCUT2D eigenvalue weighted by Gasteiger charge is 2.42. The van der Waals surface area contributed by atoms with Crippen molar-refractivity contribution in [3.05, 3.63) is 59.4 Å². The fraction of sp³-hybridized carbons (Fsp3) is 0.462. The fourth-order valence-electron chi connectivity index (χ4n) is 5.36. The van der Waals surface area contributed by atoms with Crippen LogP contribution in [0.3, 0.4) is 0 Å². The number of carbonyl (C=O) groups excluding carboxylic acids is 1. The number of nitrogens with one attached hydrogen (secondary N) is 1. The van der Waals surface area contributed by atoms with Crippen LogP contribution < -0.4 is 5.32 Å². The number of hydrogen-bond donors (Lipinski definition) is 2. The first kappa shape index (κ1) is 21.9. The van der Waals surface area contributed by atoms with Crippen molar-refractivity contribution in [3.8, 4) is 5.75 Å². The number of amides is 1. The molecule has 1 spiro atoms. The van der Waals surface area contributed by atoms with E-state index in [-0.39, 0.29) is 17.6 Å². The highest BCUT2D eigenvalue weighted by molar-refractivity contribution is 5.92. The molecule has 3 aromatic rings. The number of hydrogen-bond acceptors (Lipinski definition) is 5. The molecule has 2 saturated heterocycles. The minimum absolute atomic E-state index is 0.0527. The summed E-state index contributed by atoms with van der Waals surface area (Å²) < 4.78 is 8.11. The molecular weight excluding hydrogens is 416 g/mol. The Morgan fingerprint density at radius 1 is 1.21 bits per heavy atom. The molecule has 2 fully saturated rings. The lowest BCUT2D eigenvalue weighted by Crippen LogP contribution is -2.45. The van der Waals surface area contributed by atoms with Crippen LogP contribution in [0.5, 0.6) is 5.75 Å². The average Bonchev–Trinajstić information content (AvgIpc) is 3.37. The Morgan fingerprint density at radius 2 is 2.00 bits per heavy atom. The van der Waals surface area contributed by atoms with Crippen LogP contribution in [0.25, 0.3) is 10.8 Å². The van der Waals surface area contributed by atoms with Crippen molar-refractivity contribution in [1.82, 2.24) is 20.0 Å². The van der Waals surface area contributed by atoms with Crippen molar-refractivity contribution >= 4 is 16.7 Å². The number of piperidine rings is 1. The Balaban J connectivity index is 1.15. The molecule has 1 amide bonds. The third-order valence-corrected chi connectivity index (χ3v) is 7.23. The Morgan fingerprint density at radius 3 is 2.76 bits per heavy atom. The van der Waals surface area contributed by atoms with Gasteiger partial charge in [-0.25, -0.2) is 0 Å². The molecule has 3 heterocycles. The third kappa shape index (κ3) is 4.48. The van der Waals surface area contributed by atoms with E-state index in [4.69, 9.17) is 4.74 Å². The zero-order chi connectivity index (χ0) is 23.0. The highest BCUT2D eigenvalue weighted by atomic mass is 16.5. The van der Waals surface area contributed by atoms with E-state index in [0.717, 1.165) is 67.3 Å². The second-order valence-electron chi connectivity index (χ2n) is 9.53. The van der Waals surface area contributed by atoms with Crippen LogP contribution in [0, 0.1) is 6.92 Å². The van der Waals surface area contributed by atoms with Crippen LogP contribution in [-0.4, -0.2) is 57.0 Å². The molecule has 0 radical (unpaired) electrons. The van der Waals surface area contributed by atoms with Crippen molar-refractivity contribution in [1.29, 1.82) is 0 Å². The molecule has 0 bridgehead atoms. The van der Waals surface area contributed by atoms with Crippen LogP contribution in [0.1, 0.15) is 47.4 Å². The van der Waals surface area contributed by atoms with Gasteiger partial charge in [0, 0.05) is 38.8 Å². The maximum atomic E-state index is 12.5. The van der Waals surface area contributed by atoms with E-state index in [2.05, 4.69) is 27.4 Å². The van der Waals surface area contributed by atoms with Gasteiger partial charge in [-0.15, -0.1) is 0 Å². The number of rotatable bonds is 5. The molecule has 2 aliphatic rings. The van der Waals surface area contributed by atoms with E-state index in [1.54, 1.807) is 23.9 Å². The Kier molecular flexibility index (Phi) is 5.85. The molecule has 1 aromatic heterocycles. The Hall–Kier alpha value is -2.90. The van der Waals surface area contributed by atoms with Crippen LogP contribution in [0.15, 0.2) is 42.5 Å². The normalized spacial score (nSPS) is 20.5. The first-order chi connectivity index (χ1) is 15.9. The number of carbonyl (C=O) groups is 1. The van der Waals surface area contributed by atoms with Gasteiger partial charge in [0.2, 0.25) is 0 Å². The second-order valence-corrected chi connectivity index (χ2v) is 9.53. The van der Waals surface area contributed by atoms with Crippen LogP contribution in [0.2, 0.25) is 0 Å². The quantitative estimate of drug-likeness (QED) is 0.624. The lowest BCUT2D eigenvalue weighted by Gasteiger charge is -2.39. The van der Waals surface area contributed by atoms with Gasteiger partial charge in [0.25, 0.3) is 5.91 Å². The van der Waals surface area contributed by atoms with E-state index in [0.29, 0.717) is 18.0 Å². The zero-order valence-electron chi connectivity index (χ0n) is 19.4. The van der Waals surface area contributed by atoms with Crippen LogP contribution in [0.4, 0.5) is 0 Å². The molecule has 0 aliphatic carbocycles. The van der Waals surface area contributed by atoms with Crippen molar-refractivity contribution in [2.45, 2.75) is 50.9 Å². The SMILES string of the molecule is Cc1cc(C(=O)NC[C@@H]2CCC3(CCN(Cc4c(O)ccc5ccccc45)CC3)O2)n(C)n1. The van der Waals surface area contributed by atoms with E-state index in [1.807, 2.05) is 25.1 Å². The summed E-state index contributed by atoms with van der Waals surface area (Å²) in [5.41, 5.74) is 2.32. The minimum Gasteiger partial charge on any atom is -0.508 e. The largest absolute Gasteiger partial charge is 0.508 e. The first-order valence-corrected chi connectivity index (χ1v) is 11.8. The summed E-state index contributed by atoms with van der Waals surface area (Å²) in [7, 11) is 1.79. The summed E-state index contributed by atoms with van der Waals surface area (Å²) in [4.78, 5) is 14.9. The number of benzene rings is 2. The van der Waals surface area contributed by atoms with E-state index in [9.17, 15) is 9.90 Å². The molecule has 7 heteroatoms. The van der Waals surface area contributed by atoms with Gasteiger partial charge in [-0.2, -0.15) is 5.10 Å². The van der Waals surface area contributed by atoms with Gasteiger partial charge in [-0.3, -0.25) is 14.4 Å². The molecule has 5 rings (SSSR count). The average molecular weight is 449 g/mol.